The van der Waals surface area contributed by atoms with E-state index in [1.807, 2.05) is 31.6 Å². The van der Waals surface area contributed by atoms with Gasteiger partial charge in [0.05, 0.1) is 23.5 Å². The van der Waals surface area contributed by atoms with Gasteiger partial charge in [0.1, 0.15) is 29.1 Å². The molecule has 4 heterocycles. The number of rotatable bonds is 7. The Morgan fingerprint density at radius 2 is 1.82 bits per heavy atom. The largest absolute Gasteiger partial charge is 0.368 e. The highest BCUT2D eigenvalue weighted by Crippen LogP contribution is 2.32. The van der Waals surface area contributed by atoms with Crippen LogP contribution in [-0.2, 0) is 7.05 Å². The Bertz CT molecular complexity index is 1770. The van der Waals surface area contributed by atoms with E-state index in [4.69, 9.17) is 6.42 Å². The van der Waals surface area contributed by atoms with Gasteiger partial charge in [0.25, 0.3) is 5.91 Å². The average molecular weight is 523 g/mol. The molecule has 0 aliphatic carbocycles. The first kappa shape index (κ1) is 25.1. The molecule has 1 aromatic carbocycles. The van der Waals surface area contributed by atoms with E-state index in [1.165, 1.54) is 6.20 Å². The molecule has 0 aliphatic rings. The van der Waals surface area contributed by atoms with E-state index in [1.54, 1.807) is 27.7 Å². The summed E-state index contributed by atoms with van der Waals surface area (Å²) >= 11 is 0. The zero-order chi connectivity index (χ0) is 27.5. The van der Waals surface area contributed by atoms with Crippen molar-refractivity contribution in [2.75, 3.05) is 18.4 Å². The number of terminal acetylenes is 1. The number of nitrogens with zero attached hydrogens (tertiary/aromatic N) is 6. The fourth-order valence-electron chi connectivity index (χ4n) is 4.14. The molecule has 0 aliphatic heterocycles. The zero-order valence-corrected chi connectivity index (χ0v) is 20.6. The Hall–Kier alpha value is -5.55. The lowest BCUT2D eigenvalue weighted by molar-refractivity contribution is 0.0946. The molecule has 0 bridgehead atoms. The summed E-state index contributed by atoms with van der Waals surface area (Å²) in [5.41, 5.74) is 3.73. The van der Waals surface area contributed by atoms with E-state index in [9.17, 15) is 18.8 Å². The number of carbonyl (C=O) groups is 1. The summed E-state index contributed by atoms with van der Waals surface area (Å²) < 4.78 is 31.6. The van der Waals surface area contributed by atoms with E-state index in [2.05, 4.69) is 37.8 Å². The second-order valence-corrected chi connectivity index (χ2v) is 8.58. The molecule has 9 nitrogen and oxygen atoms in total. The van der Waals surface area contributed by atoms with Crippen molar-refractivity contribution in [1.82, 2.24) is 29.7 Å². The highest BCUT2D eigenvalue weighted by molar-refractivity contribution is 5.95. The van der Waals surface area contributed by atoms with E-state index in [0.29, 0.717) is 16.9 Å². The summed E-state index contributed by atoms with van der Waals surface area (Å²) in [7, 11) is 1.83. The first-order valence-electron chi connectivity index (χ1n) is 11.7. The molecule has 0 spiro atoms. The van der Waals surface area contributed by atoms with Gasteiger partial charge in [-0.1, -0.05) is 5.92 Å². The van der Waals surface area contributed by atoms with E-state index >= 15 is 0 Å². The second kappa shape index (κ2) is 10.4. The van der Waals surface area contributed by atoms with Crippen LogP contribution in [0.1, 0.15) is 21.5 Å². The Labute approximate surface area is 221 Å². The number of fused-ring (bicyclic) bond motifs is 1. The molecular formula is C28H20F2N8O. The number of benzene rings is 1. The lowest BCUT2D eigenvalue weighted by Crippen LogP contribution is -2.30. The number of carbonyl (C=O) groups excluding carboxylic acids is 1. The van der Waals surface area contributed by atoms with Gasteiger partial charge in [0.2, 0.25) is 0 Å². The standard InChI is InChI=1S/C28H20F2N8O/c1-3-17-8-23(29)26(24(30)9-17)28(39)33-7-6-32-25-5-4-18(12-34-25)22-10-19(21-14-35-37(2)15-21)16-38-27(22)20(11-31)13-36-38/h1,4-5,8-10,12-16H,6-7H2,2H3,(H,32,34)(H,33,39). The number of aromatic nitrogens is 5. The van der Waals surface area contributed by atoms with Crippen LogP contribution in [0.15, 0.2) is 61.3 Å². The minimum atomic E-state index is -1.02. The smallest absolute Gasteiger partial charge is 0.257 e. The predicted molar refractivity (Wildman–Crippen MR) is 140 cm³/mol. The van der Waals surface area contributed by atoms with Gasteiger partial charge >= 0.3 is 0 Å². The van der Waals surface area contributed by atoms with Gasteiger partial charge < -0.3 is 10.6 Å². The Morgan fingerprint density at radius 3 is 2.46 bits per heavy atom. The number of nitrogens with one attached hydrogen (secondary N) is 2. The first-order chi connectivity index (χ1) is 18.9. The highest BCUT2D eigenvalue weighted by atomic mass is 19.1. The quantitative estimate of drug-likeness (QED) is 0.249. The Balaban J connectivity index is 1.30. The molecule has 5 aromatic rings. The Morgan fingerprint density at radius 1 is 1.03 bits per heavy atom. The summed E-state index contributed by atoms with van der Waals surface area (Å²) in [6.07, 6.45) is 13.8. The third-order valence-electron chi connectivity index (χ3n) is 6.00. The zero-order valence-electron chi connectivity index (χ0n) is 20.6. The lowest BCUT2D eigenvalue weighted by Gasteiger charge is -2.11. The van der Waals surface area contributed by atoms with Crippen LogP contribution in [0.4, 0.5) is 14.6 Å². The van der Waals surface area contributed by atoms with Gasteiger partial charge in [-0.25, -0.2) is 18.3 Å². The molecule has 0 unspecified atom stereocenters. The van der Waals surface area contributed by atoms with Crippen LogP contribution in [0.25, 0.3) is 27.8 Å². The van der Waals surface area contributed by atoms with Gasteiger partial charge in [-0.15, -0.1) is 6.42 Å². The van der Waals surface area contributed by atoms with Crippen molar-refractivity contribution in [3.05, 3.63) is 89.6 Å². The average Bonchev–Trinajstić information content (AvgIpc) is 3.56. The number of aryl methyl sites for hydroxylation is 1. The molecule has 0 saturated heterocycles. The number of hydrogen-bond acceptors (Lipinski definition) is 6. The van der Waals surface area contributed by atoms with Crippen LogP contribution in [0, 0.1) is 35.3 Å². The molecule has 11 heteroatoms. The first-order valence-corrected chi connectivity index (χ1v) is 11.7. The van der Waals surface area contributed by atoms with Gasteiger partial charge in [-0.2, -0.15) is 15.5 Å². The SMILES string of the molecule is C#Cc1cc(F)c(C(=O)NCCNc2ccc(-c3cc(-c4cnn(C)c4)cn4ncc(C#N)c34)cn2)c(F)c1. The number of anilines is 1. The molecule has 1 amide bonds. The van der Waals surface area contributed by atoms with E-state index in [-0.39, 0.29) is 18.7 Å². The summed E-state index contributed by atoms with van der Waals surface area (Å²) in [4.78, 5) is 16.7. The molecule has 0 atom stereocenters. The van der Waals surface area contributed by atoms with Crippen LogP contribution in [0.2, 0.25) is 0 Å². The number of halogens is 2. The maximum absolute atomic E-state index is 14.1. The molecule has 0 radical (unpaired) electrons. The molecule has 2 N–H and O–H groups in total. The summed E-state index contributed by atoms with van der Waals surface area (Å²) in [6, 6.07) is 9.62. The van der Waals surface area contributed by atoms with Crippen LogP contribution >= 0.6 is 0 Å². The predicted octanol–water partition coefficient (Wildman–Crippen LogP) is 3.77. The van der Waals surface area contributed by atoms with Crippen LogP contribution < -0.4 is 10.6 Å². The molecule has 39 heavy (non-hydrogen) atoms. The lowest BCUT2D eigenvalue weighted by atomic mass is 10.0. The fourth-order valence-corrected chi connectivity index (χ4v) is 4.14. The van der Waals surface area contributed by atoms with Crippen molar-refractivity contribution in [2.24, 2.45) is 7.05 Å². The summed E-state index contributed by atoms with van der Waals surface area (Å²) in [5.74, 6) is -0.272. The van der Waals surface area contributed by atoms with Crippen molar-refractivity contribution >= 4 is 17.2 Å². The monoisotopic (exact) mass is 522 g/mol. The number of hydrogen-bond donors (Lipinski definition) is 2. The van der Waals surface area contributed by atoms with Crippen molar-refractivity contribution in [3.8, 4) is 40.7 Å². The Kier molecular flexibility index (Phi) is 6.72. The molecular weight excluding hydrogens is 502 g/mol. The van der Waals surface area contributed by atoms with Crippen molar-refractivity contribution < 1.29 is 13.6 Å². The number of amides is 1. The summed E-state index contributed by atoms with van der Waals surface area (Å²) in [6.45, 7) is 0.346. The minimum Gasteiger partial charge on any atom is -0.368 e. The van der Waals surface area contributed by atoms with Gasteiger partial charge in [-0.3, -0.25) is 9.48 Å². The molecule has 192 valence electrons. The normalized spacial score (nSPS) is 10.7. The van der Waals surface area contributed by atoms with Gasteiger partial charge in [0.15, 0.2) is 0 Å². The van der Waals surface area contributed by atoms with Gasteiger partial charge in [-0.05, 0) is 30.3 Å². The maximum Gasteiger partial charge on any atom is 0.257 e. The number of pyridine rings is 2. The highest BCUT2D eigenvalue weighted by Gasteiger charge is 2.18. The topological polar surface area (TPSA) is 113 Å². The van der Waals surface area contributed by atoms with E-state index < -0.39 is 23.1 Å². The van der Waals surface area contributed by atoms with Crippen molar-refractivity contribution in [1.29, 1.82) is 5.26 Å². The second-order valence-electron chi connectivity index (χ2n) is 8.58. The summed E-state index contributed by atoms with van der Waals surface area (Å²) in [5, 5.41) is 23.7. The third-order valence-corrected chi connectivity index (χ3v) is 6.00. The van der Waals surface area contributed by atoms with Crippen LogP contribution in [0.5, 0.6) is 0 Å². The van der Waals surface area contributed by atoms with Crippen molar-refractivity contribution in [3.63, 3.8) is 0 Å². The molecule has 4 aromatic heterocycles. The molecule has 0 fully saturated rings. The molecule has 0 saturated carbocycles. The fraction of sp³-hybridized carbons (Fsp3) is 0.107. The van der Waals surface area contributed by atoms with Crippen molar-refractivity contribution in [2.45, 2.75) is 0 Å². The third kappa shape index (κ3) is 5.02. The van der Waals surface area contributed by atoms with Crippen LogP contribution in [-0.4, -0.2) is 43.4 Å². The van der Waals surface area contributed by atoms with E-state index in [0.717, 1.165) is 34.4 Å². The minimum absolute atomic E-state index is 0.0133. The van der Waals surface area contributed by atoms with Crippen LogP contribution in [0.3, 0.4) is 0 Å². The number of nitriles is 1. The maximum atomic E-state index is 14.1. The van der Waals surface area contributed by atoms with Gasteiger partial charge in [0, 0.05) is 66.5 Å². The molecule has 5 rings (SSSR count).